The first-order valence-corrected chi connectivity index (χ1v) is 8.12. The molecule has 1 aromatic heterocycles. The predicted molar refractivity (Wildman–Crippen MR) is 95.4 cm³/mol. The molecule has 0 saturated carbocycles. The SMILES string of the molecule is CCn1c(=O)c(C(=S)C(=O)OC)c(C)n(-c2cccc(C(F)(F)F)c2)c1=O. The summed E-state index contributed by atoms with van der Waals surface area (Å²) in [7, 11) is 1.07. The smallest absolute Gasteiger partial charge is 0.416 e. The molecule has 0 fully saturated rings. The second-order valence-electron chi connectivity index (χ2n) is 5.50. The number of hydrogen-bond acceptors (Lipinski definition) is 5. The standard InChI is InChI=1S/C17H15F3N2O4S/c1-4-21-14(23)12(13(27)15(24)26-3)9(2)22(16(21)25)11-7-5-6-10(8-11)17(18,19)20/h5-8H,4H2,1-3H3. The van der Waals surface area contributed by atoms with Crippen molar-refractivity contribution in [3.05, 3.63) is 61.9 Å². The molecular weight excluding hydrogens is 385 g/mol. The van der Waals surface area contributed by atoms with Crippen LogP contribution in [-0.2, 0) is 22.3 Å². The molecule has 0 amide bonds. The van der Waals surface area contributed by atoms with E-state index in [9.17, 15) is 27.6 Å². The first kappa shape index (κ1) is 20.6. The van der Waals surface area contributed by atoms with E-state index in [4.69, 9.17) is 12.2 Å². The summed E-state index contributed by atoms with van der Waals surface area (Å²) >= 11 is 4.98. The van der Waals surface area contributed by atoms with Crippen LogP contribution in [0.2, 0.25) is 0 Å². The van der Waals surface area contributed by atoms with E-state index in [1.807, 2.05) is 0 Å². The molecule has 0 N–H and O–H groups in total. The lowest BCUT2D eigenvalue weighted by atomic mass is 10.1. The minimum absolute atomic E-state index is 0.0515. The molecule has 0 unspecified atom stereocenters. The third kappa shape index (κ3) is 3.70. The van der Waals surface area contributed by atoms with Crippen molar-refractivity contribution in [3.8, 4) is 5.69 Å². The number of carbonyl (C=O) groups excluding carboxylic acids is 1. The zero-order chi connectivity index (χ0) is 20.5. The topological polar surface area (TPSA) is 70.3 Å². The maximum absolute atomic E-state index is 13.0. The van der Waals surface area contributed by atoms with Gasteiger partial charge in [-0.2, -0.15) is 13.2 Å². The van der Waals surface area contributed by atoms with E-state index in [1.54, 1.807) is 0 Å². The quantitative estimate of drug-likeness (QED) is 0.447. The molecule has 27 heavy (non-hydrogen) atoms. The number of carbonyl (C=O) groups is 1. The van der Waals surface area contributed by atoms with Crippen molar-refractivity contribution in [3.63, 3.8) is 0 Å². The van der Waals surface area contributed by atoms with Crippen LogP contribution in [0.15, 0.2) is 33.9 Å². The second kappa shape index (κ2) is 7.47. The van der Waals surface area contributed by atoms with E-state index in [0.29, 0.717) is 0 Å². The zero-order valence-corrected chi connectivity index (χ0v) is 15.4. The predicted octanol–water partition coefficient (Wildman–Crippen LogP) is 2.24. The molecular formula is C17H15F3N2O4S. The van der Waals surface area contributed by atoms with Gasteiger partial charge in [0, 0.05) is 12.2 Å². The van der Waals surface area contributed by atoms with Gasteiger partial charge < -0.3 is 4.74 Å². The molecule has 0 aliphatic carbocycles. The molecule has 144 valence electrons. The lowest BCUT2D eigenvalue weighted by Crippen LogP contribution is -2.44. The number of thiocarbonyl (C=S) groups is 1. The normalized spacial score (nSPS) is 11.3. The Balaban J connectivity index is 2.90. The highest BCUT2D eigenvalue weighted by Gasteiger charge is 2.31. The number of esters is 1. The summed E-state index contributed by atoms with van der Waals surface area (Å²) in [4.78, 5) is 36.6. The van der Waals surface area contributed by atoms with Crippen molar-refractivity contribution in [2.75, 3.05) is 7.11 Å². The van der Waals surface area contributed by atoms with Gasteiger partial charge in [-0.1, -0.05) is 18.3 Å². The summed E-state index contributed by atoms with van der Waals surface area (Å²) in [5.74, 6) is -0.956. The maximum Gasteiger partial charge on any atom is 0.416 e. The van der Waals surface area contributed by atoms with Crippen molar-refractivity contribution in [2.45, 2.75) is 26.6 Å². The number of benzene rings is 1. The van der Waals surface area contributed by atoms with Gasteiger partial charge in [0.2, 0.25) is 0 Å². The molecule has 1 aromatic carbocycles. The monoisotopic (exact) mass is 400 g/mol. The number of methoxy groups -OCH3 is 1. The third-order valence-electron chi connectivity index (χ3n) is 3.92. The Bertz CT molecular complexity index is 1040. The van der Waals surface area contributed by atoms with Gasteiger partial charge in [-0.3, -0.25) is 13.9 Å². The molecule has 0 bridgehead atoms. The molecule has 0 radical (unpaired) electrons. The number of nitrogens with zero attached hydrogens (tertiary/aromatic N) is 2. The fourth-order valence-corrected chi connectivity index (χ4v) is 2.93. The van der Waals surface area contributed by atoms with Gasteiger partial charge in [-0.25, -0.2) is 9.59 Å². The highest BCUT2D eigenvalue weighted by atomic mass is 32.1. The average Bonchev–Trinajstić information content (AvgIpc) is 2.60. The average molecular weight is 400 g/mol. The number of aromatic nitrogens is 2. The maximum atomic E-state index is 13.0. The van der Waals surface area contributed by atoms with Crippen LogP contribution in [0.3, 0.4) is 0 Å². The van der Waals surface area contributed by atoms with E-state index in [1.165, 1.54) is 19.9 Å². The van der Waals surface area contributed by atoms with Gasteiger partial charge in [0.05, 0.1) is 23.9 Å². The molecule has 0 saturated heterocycles. The van der Waals surface area contributed by atoms with Crippen molar-refractivity contribution in [1.29, 1.82) is 0 Å². The Hall–Kier alpha value is -2.75. The van der Waals surface area contributed by atoms with Gasteiger partial charge in [0.1, 0.15) is 4.86 Å². The van der Waals surface area contributed by atoms with Gasteiger partial charge in [-0.05, 0) is 32.0 Å². The van der Waals surface area contributed by atoms with Gasteiger partial charge >= 0.3 is 17.8 Å². The highest BCUT2D eigenvalue weighted by Crippen LogP contribution is 2.30. The van der Waals surface area contributed by atoms with Crippen molar-refractivity contribution in [2.24, 2.45) is 0 Å². The molecule has 2 rings (SSSR count). The van der Waals surface area contributed by atoms with E-state index in [0.717, 1.165) is 34.4 Å². The van der Waals surface area contributed by atoms with E-state index >= 15 is 0 Å². The van der Waals surface area contributed by atoms with Crippen LogP contribution >= 0.6 is 12.2 Å². The summed E-state index contributed by atoms with van der Waals surface area (Å²) in [6.45, 7) is 2.78. The Kier molecular flexibility index (Phi) is 5.69. The molecule has 1 heterocycles. The van der Waals surface area contributed by atoms with Crippen LogP contribution < -0.4 is 11.2 Å². The number of ether oxygens (including phenoxy) is 1. The Morgan fingerprint density at radius 3 is 2.41 bits per heavy atom. The van der Waals surface area contributed by atoms with Crippen LogP contribution in [0.4, 0.5) is 13.2 Å². The zero-order valence-electron chi connectivity index (χ0n) is 14.6. The number of halogens is 3. The van der Waals surface area contributed by atoms with E-state index in [2.05, 4.69) is 4.74 Å². The Labute approximate surface area is 156 Å². The number of alkyl halides is 3. The van der Waals surface area contributed by atoms with Crippen molar-refractivity contribution in [1.82, 2.24) is 9.13 Å². The molecule has 6 nitrogen and oxygen atoms in total. The fourth-order valence-electron chi connectivity index (χ4n) is 2.61. The molecule has 10 heteroatoms. The Morgan fingerprint density at radius 1 is 1.26 bits per heavy atom. The minimum Gasteiger partial charge on any atom is -0.465 e. The molecule has 2 aromatic rings. The molecule has 0 aliphatic heterocycles. The van der Waals surface area contributed by atoms with Crippen molar-refractivity contribution < 1.29 is 22.7 Å². The summed E-state index contributed by atoms with van der Waals surface area (Å²) < 4.78 is 45.3. The summed E-state index contributed by atoms with van der Waals surface area (Å²) in [5.41, 5.74) is -3.03. The largest absolute Gasteiger partial charge is 0.465 e. The summed E-state index contributed by atoms with van der Waals surface area (Å²) in [6.07, 6.45) is -4.61. The molecule has 0 aliphatic rings. The Morgan fingerprint density at radius 2 is 1.89 bits per heavy atom. The van der Waals surface area contributed by atoms with Crippen LogP contribution in [0, 0.1) is 6.92 Å². The summed E-state index contributed by atoms with van der Waals surface area (Å²) in [5, 5.41) is 0. The van der Waals surface area contributed by atoms with Crippen LogP contribution in [0.25, 0.3) is 5.69 Å². The van der Waals surface area contributed by atoms with Crippen LogP contribution in [0.1, 0.15) is 23.7 Å². The highest BCUT2D eigenvalue weighted by molar-refractivity contribution is 7.82. The third-order valence-corrected chi connectivity index (χ3v) is 4.29. The first-order valence-electron chi connectivity index (χ1n) is 7.71. The van der Waals surface area contributed by atoms with Crippen molar-refractivity contribution >= 4 is 23.1 Å². The van der Waals surface area contributed by atoms with E-state index in [-0.39, 0.29) is 23.5 Å². The second-order valence-corrected chi connectivity index (χ2v) is 5.90. The lowest BCUT2D eigenvalue weighted by molar-refractivity contribution is -0.137. The van der Waals surface area contributed by atoms with Crippen LogP contribution in [0.5, 0.6) is 0 Å². The van der Waals surface area contributed by atoms with E-state index < -0.39 is 33.8 Å². The summed E-state index contributed by atoms with van der Waals surface area (Å²) in [6, 6.07) is 4.08. The van der Waals surface area contributed by atoms with Gasteiger partial charge in [-0.15, -0.1) is 0 Å². The van der Waals surface area contributed by atoms with Crippen LogP contribution in [-0.4, -0.2) is 27.1 Å². The molecule has 0 atom stereocenters. The minimum atomic E-state index is -4.61. The number of hydrogen-bond donors (Lipinski definition) is 0. The fraction of sp³-hybridized carbons (Fsp3) is 0.294. The number of rotatable bonds is 4. The van der Waals surface area contributed by atoms with Gasteiger partial charge in [0.15, 0.2) is 0 Å². The first-order chi connectivity index (χ1) is 12.5. The van der Waals surface area contributed by atoms with Gasteiger partial charge in [0.25, 0.3) is 5.56 Å². The molecule has 0 spiro atoms. The lowest BCUT2D eigenvalue weighted by Gasteiger charge is -2.17.